The largest absolute Gasteiger partial charge is 0.338 e. The minimum atomic E-state index is -0.161. The van der Waals surface area contributed by atoms with Crippen LogP contribution in [0.2, 0.25) is 0 Å². The van der Waals surface area contributed by atoms with Crippen LogP contribution in [0.1, 0.15) is 12.2 Å². The molecule has 0 bridgehead atoms. The number of fused-ring (bicyclic) bond motifs is 2. The summed E-state index contributed by atoms with van der Waals surface area (Å²) in [7, 11) is 1.71. The van der Waals surface area contributed by atoms with E-state index in [2.05, 4.69) is 15.0 Å². The third-order valence-electron chi connectivity index (χ3n) is 4.27. The van der Waals surface area contributed by atoms with Crippen LogP contribution in [-0.4, -0.2) is 37.4 Å². The average Bonchev–Trinajstić information content (AvgIpc) is 3.26. The SMILES string of the molecule is CN(Cc1nc2ccsc2c(=O)[nH]1)C(=O)CCn1cnc2ccccc21. The van der Waals surface area contributed by atoms with Crippen molar-refractivity contribution in [3.05, 3.63) is 58.2 Å². The summed E-state index contributed by atoms with van der Waals surface area (Å²) in [5, 5.41) is 1.83. The van der Waals surface area contributed by atoms with E-state index in [-0.39, 0.29) is 18.0 Å². The number of nitrogens with one attached hydrogen (secondary N) is 1. The number of H-pyrrole nitrogens is 1. The van der Waals surface area contributed by atoms with Crippen molar-refractivity contribution in [3.8, 4) is 0 Å². The first-order valence-electron chi connectivity index (χ1n) is 8.22. The Morgan fingerprint density at radius 3 is 3.00 bits per heavy atom. The normalized spacial score (nSPS) is 11.3. The number of nitrogens with zero attached hydrogens (tertiary/aromatic N) is 4. The highest BCUT2D eigenvalue weighted by atomic mass is 32.1. The van der Waals surface area contributed by atoms with Crippen LogP contribution in [0.3, 0.4) is 0 Å². The summed E-state index contributed by atoms with van der Waals surface area (Å²) in [5.41, 5.74) is 2.43. The van der Waals surface area contributed by atoms with Crippen LogP contribution >= 0.6 is 11.3 Å². The van der Waals surface area contributed by atoms with Crippen molar-refractivity contribution in [2.75, 3.05) is 7.05 Å². The third-order valence-corrected chi connectivity index (χ3v) is 5.17. The topological polar surface area (TPSA) is 83.9 Å². The Balaban J connectivity index is 1.43. The number of thiophene rings is 1. The van der Waals surface area contributed by atoms with Gasteiger partial charge in [0.2, 0.25) is 5.91 Å². The molecule has 1 N–H and O–H groups in total. The van der Waals surface area contributed by atoms with Crippen molar-refractivity contribution in [3.63, 3.8) is 0 Å². The smallest absolute Gasteiger partial charge is 0.268 e. The summed E-state index contributed by atoms with van der Waals surface area (Å²) in [6.07, 6.45) is 2.10. The number of hydrogen-bond donors (Lipinski definition) is 1. The molecule has 4 rings (SSSR count). The number of benzene rings is 1. The predicted molar refractivity (Wildman–Crippen MR) is 101 cm³/mol. The zero-order valence-corrected chi connectivity index (χ0v) is 15.0. The second-order valence-electron chi connectivity index (χ2n) is 6.07. The number of aryl methyl sites for hydroxylation is 1. The van der Waals surface area contributed by atoms with Crippen LogP contribution in [-0.2, 0) is 17.9 Å². The van der Waals surface area contributed by atoms with Crippen molar-refractivity contribution >= 4 is 38.5 Å². The average molecular weight is 367 g/mol. The molecule has 0 unspecified atom stereocenters. The first-order valence-corrected chi connectivity index (χ1v) is 9.10. The third kappa shape index (κ3) is 3.11. The van der Waals surface area contributed by atoms with Crippen LogP contribution in [0.5, 0.6) is 0 Å². The van der Waals surface area contributed by atoms with Gasteiger partial charge in [-0.2, -0.15) is 0 Å². The maximum Gasteiger partial charge on any atom is 0.268 e. The van der Waals surface area contributed by atoms with E-state index in [9.17, 15) is 9.59 Å². The summed E-state index contributed by atoms with van der Waals surface area (Å²) in [5.74, 6) is 0.473. The number of rotatable bonds is 5. The molecule has 0 saturated carbocycles. The molecule has 0 saturated heterocycles. The van der Waals surface area contributed by atoms with Crippen molar-refractivity contribution in [2.45, 2.75) is 19.5 Å². The zero-order chi connectivity index (χ0) is 18.1. The van der Waals surface area contributed by atoms with Gasteiger partial charge in [0.1, 0.15) is 10.5 Å². The van der Waals surface area contributed by atoms with Gasteiger partial charge in [0.15, 0.2) is 0 Å². The lowest BCUT2D eigenvalue weighted by Gasteiger charge is -2.16. The molecule has 132 valence electrons. The van der Waals surface area contributed by atoms with E-state index in [0.717, 1.165) is 11.0 Å². The minimum absolute atomic E-state index is 0.0177. The van der Waals surface area contributed by atoms with Crippen LogP contribution < -0.4 is 5.56 Å². The Hall–Kier alpha value is -3.00. The maximum absolute atomic E-state index is 12.5. The molecular formula is C18H17N5O2S. The number of aromatic nitrogens is 4. The standard InChI is InChI=1S/C18H17N5O2S/c1-22(10-15-20-13-7-9-26-17(13)18(25)21-15)16(24)6-8-23-11-19-12-4-2-3-5-14(12)23/h2-5,7,9,11H,6,8,10H2,1H3,(H,20,21,25). The molecule has 8 heteroatoms. The first kappa shape index (κ1) is 16.5. The Labute approximate surface area is 152 Å². The molecule has 0 aliphatic rings. The van der Waals surface area contributed by atoms with Crippen molar-refractivity contribution < 1.29 is 4.79 Å². The van der Waals surface area contributed by atoms with Crippen molar-refractivity contribution in [1.82, 2.24) is 24.4 Å². The molecule has 3 aromatic heterocycles. The van der Waals surface area contributed by atoms with Crippen LogP contribution in [0.15, 0.2) is 46.8 Å². The highest BCUT2D eigenvalue weighted by Crippen LogP contribution is 2.15. The summed E-state index contributed by atoms with van der Waals surface area (Å²) in [6, 6.07) is 9.64. The number of aromatic amines is 1. The van der Waals surface area contributed by atoms with Gasteiger partial charge >= 0.3 is 0 Å². The maximum atomic E-state index is 12.5. The quantitative estimate of drug-likeness (QED) is 0.587. The number of carbonyl (C=O) groups excluding carboxylic acids is 1. The second kappa shape index (κ2) is 6.72. The van der Waals surface area contributed by atoms with Crippen molar-refractivity contribution in [2.24, 2.45) is 0 Å². The fourth-order valence-electron chi connectivity index (χ4n) is 2.90. The predicted octanol–water partition coefficient (Wildman–Crippen LogP) is 2.38. The lowest BCUT2D eigenvalue weighted by Crippen LogP contribution is -2.28. The molecule has 26 heavy (non-hydrogen) atoms. The van der Waals surface area contributed by atoms with E-state index >= 15 is 0 Å². The van der Waals surface area contributed by atoms with E-state index in [0.29, 0.717) is 29.0 Å². The second-order valence-corrected chi connectivity index (χ2v) is 6.99. The molecule has 1 amide bonds. The molecule has 7 nitrogen and oxygen atoms in total. The molecule has 0 radical (unpaired) electrons. The highest BCUT2D eigenvalue weighted by molar-refractivity contribution is 7.17. The lowest BCUT2D eigenvalue weighted by molar-refractivity contribution is -0.130. The van der Waals surface area contributed by atoms with Crippen LogP contribution in [0.4, 0.5) is 0 Å². The Kier molecular flexibility index (Phi) is 4.26. The molecule has 1 aromatic carbocycles. The van der Waals surface area contributed by atoms with Gasteiger partial charge in [0.05, 0.1) is 29.4 Å². The number of amides is 1. The molecule has 3 heterocycles. The zero-order valence-electron chi connectivity index (χ0n) is 14.2. The van der Waals surface area contributed by atoms with Crippen LogP contribution in [0, 0.1) is 0 Å². The Morgan fingerprint density at radius 1 is 1.27 bits per heavy atom. The van der Waals surface area contributed by atoms with Gasteiger partial charge in [0.25, 0.3) is 5.56 Å². The molecule has 0 spiro atoms. The molecule has 0 fully saturated rings. The number of imidazole rings is 1. The van der Waals surface area contributed by atoms with Crippen LogP contribution in [0.25, 0.3) is 21.3 Å². The van der Waals surface area contributed by atoms with Crippen molar-refractivity contribution in [1.29, 1.82) is 0 Å². The summed E-state index contributed by atoms with van der Waals surface area (Å²) in [4.78, 5) is 37.5. The van der Waals surface area contributed by atoms with E-state index in [1.165, 1.54) is 11.3 Å². The minimum Gasteiger partial charge on any atom is -0.338 e. The van der Waals surface area contributed by atoms with Gasteiger partial charge in [-0.3, -0.25) is 9.59 Å². The molecule has 0 aliphatic heterocycles. The van der Waals surface area contributed by atoms with Gasteiger partial charge in [-0.15, -0.1) is 11.3 Å². The van der Waals surface area contributed by atoms with E-state index < -0.39 is 0 Å². The van der Waals surface area contributed by atoms with E-state index in [1.54, 1.807) is 18.3 Å². The summed E-state index contributed by atoms with van der Waals surface area (Å²) in [6.45, 7) is 0.821. The monoisotopic (exact) mass is 367 g/mol. The number of para-hydroxylation sites is 2. The number of hydrogen-bond acceptors (Lipinski definition) is 5. The van der Waals surface area contributed by atoms with Gasteiger partial charge in [-0.25, -0.2) is 9.97 Å². The lowest BCUT2D eigenvalue weighted by atomic mass is 10.3. The summed E-state index contributed by atoms with van der Waals surface area (Å²) < 4.78 is 2.58. The van der Waals surface area contributed by atoms with Gasteiger partial charge < -0.3 is 14.5 Å². The van der Waals surface area contributed by atoms with Gasteiger partial charge in [0, 0.05) is 20.0 Å². The molecule has 0 atom stereocenters. The number of carbonyl (C=O) groups is 1. The first-order chi connectivity index (χ1) is 12.6. The highest BCUT2D eigenvalue weighted by Gasteiger charge is 2.13. The Bertz CT molecular complexity index is 1140. The fourth-order valence-corrected chi connectivity index (χ4v) is 3.63. The molecular weight excluding hydrogens is 350 g/mol. The fraction of sp³-hybridized carbons (Fsp3) is 0.222. The molecule has 4 aromatic rings. The molecule has 0 aliphatic carbocycles. The van der Waals surface area contributed by atoms with E-state index in [1.807, 2.05) is 40.3 Å². The van der Waals surface area contributed by atoms with Gasteiger partial charge in [-0.1, -0.05) is 12.1 Å². The van der Waals surface area contributed by atoms with Gasteiger partial charge in [-0.05, 0) is 23.6 Å². The Morgan fingerprint density at radius 2 is 2.12 bits per heavy atom. The van der Waals surface area contributed by atoms with E-state index in [4.69, 9.17) is 0 Å². The summed E-state index contributed by atoms with van der Waals surface area (Å²) >= 11 is 1.36.